The Hall–Kier alpha value is -3.15. The van der Waals surface area contributed by atoms with Gasteiger partial charge >= 0.3 is 6.03 Å². The van der Waals surface area contributed by atoms with Crippen LogP contribution in [0.5, 0.6) is 0 Å². The van der Waals surface area contributed by atoms with Crippen LogP contribution in [0.15, 0.2) is 47.6 Å². The highest BCUT2D eigenvalue weighted by molar-refractivity contribution is 7.99. The van der Waals surface area contributed by atoms with E-state index >= 15 is 0 Å². The van der Waals surface area contributed by atoms with Crippen molar-refractivity contribution in [1.29, 1.82) is 0 Å². The molecule has 0 bridgehead atoms. The molecule has 2 aromatic carbocycles. The van der Waals surface area contributed by atoms with Gasteiger partial charge in [0.1, 0.15) is 5.82 Å². The molecule has 1 saturated carbocycles. The Kier molecular flexibility index (Phi) is 15.3. The van der Waals surface area contributed by atoms with Gasteiger partial charge in [0.15, 0.2) is 0 Å². The van der Waals surface area contributed by atoms with E-state index in [0.717, 1.165) is 31.2 Å². The summed E-state index contributed by atoms with van der Waals surface area (Å²) in [5.74, 6) is 0.171. The number of hydrogen-bond donors (Lipinski definition) is 5. The van der Waals surface area contributed by atoms with Gasteiger partial charge < -0.3 is 21.7 Å². The second-order valence-corrected chi connectivity index (χ2v) is 13.7. The highest BCUT2D eigenvalue weighted by Crippen LogP contribution is 2.29. The number of carbonyl (C=O) groups is 3. The minimum absolute atomic E-state index is 0.0237. The molecule has 3 rings (SSSR count). The molecule has 2 aromatic rings. The third-order valence-corrected chi connectivity index (χ3v) is 9.71. The van der Waals surface area contributed by atoms with Crippen LogP contribution >= 0.6 is 23.4 Å². The number of rotatable bonds is 15. The average Bonchev–Trinajstić information content (AvgIpc) is 3.04. The SMILES string of the molecule is CC[C@H](NC(=O)[C@@H](N)C(C)C)/C(CSCc1c(F)cccc1Cl)=N/NC(=O)NCC1CCC(C(=O)NCc2ccc(C)cc2)CC1. The minimum Gasteiger partial charge on any atom is -0.352 e. The summed E-state index contributed by atoms with van der Waals surface area (Å²) in [4.78, 5) is 38.2. The van der Waals surface area contributed by atoms with Crippen molar-refractivity contribution in [3.05, 3.63) is 70.0 Å². The molecule has 1 fully saturated rings. The number of nitrogens with one attached hydrogen (secondary N) is 4. The number of benzene rings is 2. The number of halogens is 2. The fourth-order valence-electron chi connectivity index (χ4n) is 5.20. The average molecular weight is 675 g/mol. The van der Waals surface area contributed by atoms with E-state index in [-0.39, 0.29) is 29.6 Å². The van der Waals surface area contributed by atoms with Crippen LogP contribution < -0.4 is 27.1 Å². The maximum absolute atomic E-state index is 14.3. The van der Waals surface area contributed by atoms with Gasteiger partial charge in [-0.2, -0.15) is 16.9 Å². The zero-order valence-electron chi connectivity index (χ0n) is 27.2. The van der Waals surface area contributed by atoms with E-state index in [4.69, 9.17) is 17.3 Å². The summed E-state index contributed by atoms with van der Waals surface area (Å²) in [6.07, 6.45) is 3.74. The molecule has 0 aliphatic heterocycles. The van der Waals surface area contributed by atoms with Crippen molar-refractivity contribution in [3.63, 3.8) is 0 Å². The van der Waals surface area contributed by atoms with Crippen molar-refractivity contribution in [2.75, 3.05) is 12.3 Å². The fourth-order valence-corrected chi connectivity index (χ4v) is 6.58. The Balaban J connectivity index is 1.51. The lowest BCUT2D eigenvalue weighted by molar-refractivity contribution is -0.126. The highest BCUT2D eigenvalue weighted by Gasteiger charge is 2.27. The maximum atomic E-state index is 14.3. The minimum atomic E-state index is -0.689. The van der Waals surface area contributed by atoms with Gasteiger partial charge in [-0.1, -0.05) is 68.3 Å². The second-order valence-electron chi connectivity index (χ2n) is 12.3. The first-order valence-electron chi connectivity index (χ1n) is 16.0. The molecule has 0 unspecified atom stereocenters. The van der Waals surface area contributed by atoms with Crippen LogP contribution in [0.4, 0.5) is 9.18 Å². The highest BCUT2D eigenvalue weighted by atomic mass is 35.5. The Morgan fingerprint density at radius 2 is 1.76 bits per heavy atom. The summed E-state index contributed by atoms with van der Waals surface area (Å²) in [5, 5.41) is 13.6. The third kappa shape index (κ3) is 11.9. The zero-order chi connectivity index (χ0) is 33.6. The first kappa shape index (κ1) is 37.3. The number of aryl methyl sites for hydroxylation is 1. The Morgan fingerprint density at radius 3 is 2.39 bits per heavy atom. The number of hydrogen-bond acceptors (Lipinski definition) is 6. The molecule has 46 heavy (non-hydrogen) atoms. The quantitative estimate of drug-likeness (QED) is 0.122. The first-order valence-corrected chi connectivity index (χ1v) is 17.5. The number of amides is 4. The molecule has 0 aromatic heterocycles. The van der Waals surface area contributed by atoms with Gasteiger partial charge in [-0.3, -0.25) is 9.59 Å². The number of nitrogens with two attached hydrogens (primary N) is 1. The monoisotopic (exact) mass is 674 g/mol. The predicted molar refractivity (Wildman–Crippen MR) is 185 cm³/mol. The van der Waals surface area contributed by atoms with Crippen molar-refractivity contribution in [2.45, 2.75) is 84.2 Å². The van der Waals surface area contributed by atoms with E-state index in [1.54, 1.807) is 12.1 Å². The van der Waals surface area contributed by atoms with Crippen molar-refractivity contribution < 1.29 is 18.8 Å². The lowest BCUT2D eigenvalue weighted by Gasteiger charge is -2.28. The van der Waals surface area contributed by atoms with Crippen molar-refractivity contribution >= 4 is 46.9 Å². The fraction of sp³-hybridized carbons (Fsp3) is 0.529. The van der Waals surface area contributed by atoms with Gasteiger partial charge in [0.05, 0.1) is 17.8 Å². The summed E-state index contributed by atoms with van der Waals surface area (Å²) in [5.41, 5.74) is 11.8. The number of carbonyl (C=O) groups excluding carboxylic acids is 3. The Bertz CT molecular complexity index is 1310. The lowest BCUT2D eigenvalue weighted by Crippen LogP contribution is -2.51. The normalized spacial score (nSPS) is 18.0. The van der Waals surface area contributed by atoms with Gasteiger partial charge in [0.2, 0.25) is 11.8 Å². The van der Waals surface area contributed by atoms with Gasteiger partial charge in [-0.05, 0) is 68.6 Å². The van der Waals surface area contributed by atoms with E-state index < -0.39 is 23.9 Å². The summed E-state index contributed by atoms with van der Waals surface area (Å²) in [7, 11) is 0. The molecule has 252 valence electrons. The molecule has 2 atom stereocenters. The van der Waals surface area contributed by atoms with Crippen LogP contribution in [0, 0.1) is 30.5 Å². The van der Waals surface area contributed by atoms with Crippen LogP contribution in [0.2, 0.25) is 5.02 Å². The molecule has 1 aliphatic rings. The van der Waals surface area contributed by atoms with Gasteiger partial charge in [-0.15, -0.1) is 0 Å². The summed E-state index contributed by atoms with van der Waals surface area (Å²) >= 11 is 7.57. The van der Waals surface area contributed by atoms with E-state index in [0.29, 0.717) is 47.3 Å². The summed E-state index contributed by atoms with van der Waals surface area (Å²) < 4.78 is 14.3. The molecular formula is C34H48ClFN6O3S. The Morgan fingerprint density at radius 1 is 1.07 bits per heavy atom. The van der Waals surface area contributed by atoms with E-state index in [9.17, 15) is 18.8 Å². The van der Waals surface area contributed by atoms with E-state index in [2.05, 4.69) is 26.5 Å². The standard InChI is InChI=1S/C34H48ClFN6O3S/c1-5-29(40-33(44)31(37)21(2)3)30(20-46-19-26-27(35)7-6-8-28(26)36)41-42-34(45)39-18-24-13-15-25(16-14-24)32(43)38-17-23-11-9-22(4)10-12-23/h6-12,21,24-25,29,31H,5,13-20,37H2,1-4H3,(H,38,43)(H,40,44)(H2,39,42,45)/b41-30+/t24?,25?,29-,31-/m0/s1. The zero-order valence-corrected chi connectivity index (χ0v) is 28.8. The van der Waals surface area contributed by atoms with Gasteiger partial charge in [-0.25, -0.2) is 14.6 Å². The molecule has 6 N–H and O–H groups in total. The summed E-state index contributed by atoms with van der Waals surface area (Å²) in [6, 6.07) is 11.0. The molecular weight excluding hydrogens is 627 g/mol. The van der Waals surface area contributed by atoms with E-state index in [1.807, 2.05) is 52.0 Å². The molecule has 4 amide bonds. The van der Waals surface area contributed by atoms with Crippen LogP contribution in [0.3, 0.4) is 0 Å². The Labute approximate surface area is 281 Å². The van der Waals surface area contributed by atoms with Crippen molar-refractivity contribution in [3.8, 4) is 0 Å². The largest absolute Gasteiger partial charge is 0.352 e. The lowest BCUT2D eigenvalue weighted by atomic mass is 9.81. The smallest absolute Gasteiger partial charge is 0.335 e. The van der Waals surface area contributed by atoms with Crippen LogP contribution in [-0.2, 0) is 21.9 Å². The molecule has 0 spiro atoms. The number of urea groups is 1. The van der Waals surface area contributed by atoms with Crippen molar-refractivity contribution in [1.82, 2.24) is 21.4 Å². The topological polar surface area (TPSA) is 138 Å². The van der Waals surface area contributed by atoms with E-state index in [1.165, 1.54) is 23.4 Å². The summed E-state index contributed by atoms with van der Waals surface area (Å²) in [6.45, 7) is 8.66. The molecule has 9 nitrogen and oxygen atoms in total. The van der Waals surface area contributed by atoms with Crippen LogP contribution in [0.25, 0.3) is 0 Å². The molecule has 0 saturated heterocycles. The number of hydrazone groups is 1. The van der Waals surface area contributed by atoms with Gasteiger partial charge in [0, 0.05) is 41.1 Å². The van der Waals surface area contributed by atoms with Crippen LogP contribution in [0.1, 0.15) is 69.6 Å². The molecule has 0 radical (unpaired) electrons. The first-order chi connectivity index (χ1) is 22.0. The number of thioether (sulfide) groups is 1. The number of nitrogens with zero attached hydrogens (tertiary/aromatic N) is 1. The van der Waals surface area contributed by atoms with Crippen molar-refractivity contribution in [2.24, 2.45) is 28.6 Å². The maximum Gasteiger partial charge on any atom is 0.335 e. The molecule has 1 aliphatic carbocycles. The van der Waals surface area contributed by atoms with Gasteiger partial charge in [0.25, 0.3) is 0 Å². The second kappa shape index (κ2) is 18.9. The predicted octanol–water partition coefficient (Wildman–Crippen LogP) is 5.68. The third-order valence-electron chi connectivity index (χ3n) is 8.36. The molecule has 0 heterocycles. The van der Waals surface area contributed by atoms with Crippen LogP contribution in [-0.4, -0.2) is 47.9 Å². The molecule has 12 heteroatoms.